The van der Waals surface area contributed by atoms with Gasteiger partial charge in [-0.05, 0) is 31.2 Å². The van der Waals surface area contributed by atoms with Crippen LogP contribution >= 0.6 is 0 Å². The van der Waals surface area contributed by atoms with Crippen molar-refractivity contribution >= 4 is 22.8 Å². The van der Waals surface area contributed by atoms with Crippen molar-refractivity contribution in [3.05, 3.63) is 30.0 Å². The summed E-state index contributed by atoms with van der Waals surface area (Å²) in [5.74, 6) is -1.46. The molecule has 0 aliphatic carbocycles. The maximum atomic E-state index is 11.7. The highest BCUT2D eigenvalue weighted by molar-refractivity contribution is 5.91. The summed E-state index contributed by atoms with van der Waals surface area (Å²) in [5, 5.41) is 22.3. The zero-order valence-corrected chi connectivity index (χ0v) is 14.2. The van der Waals surface area contributed by atoms with Crippen LogP contribution in [-0.2, 0) is 20.9 Å². The molecule has 0 aliphatic rings. The lowest BCUT2D eigenvalue weighted by Crippen LogP contribution is -2.29. The van der Waals surface area contributed by atoms with E-state index in [1.807, 2.05) is 0 Å². The van der Waals surface area contributed by atoms with E-state index >= 15 is 0 Å². The summed E-state index contributed by atoms with van der Waals surface area (Å²) in [7, 11) is 3.10. The van der Waals surface area contributed by atoms with Gasteiger partial charge in [-0.25, -0.2) is 0 Å². The Kier molecular flexibility index (Phi) is 6.37. The number of rotatable bonds is 10. The third kappa shape index (κ3) is 4.49. The van der Waals surface area contributed by atoms with Crippen LogP contribution in [0.3, 0.4) is 0 Å². The smallest absolute Gasteiger partial charge is 0.325 e. The van der Waals surface area contributed by atoms with Crippen molar-refractivity contribution in [1.29, 1.82) is 0 Å². The Balaban J connectivity index is 2.44. The molecular formula is C17H22N2O6. The summed E-state index contributed by atoms with van der Waals surface area (Å²) in [6, 6.07) is 4.20. The Morgan fingerprint density at radius 2 is 2.04 bits per heavy atom. The van der Waals surface area contributed by atoms with Gasteiger partial charge in [-0.2, -0.15) is 0 Å². The fourth-order valence-electron chi connectivity index (χ4n) is 2.73. The van der Waals surface area contributed by atoms with Crippen LogP contribution in [0.5, 0.6) is 5.75 Å². The lowest BCUT2D eigenvalue weighted by molar-refractivity contribution is -0.139. The molecule has 2 rings (SSSR count). The summed E-state index contributed by atoms with van der Waals surface area (Å²) in [6.07, 6.45) is 2.23. The van der Waals surface area contributed by atoms with Crippen LogP contribution in [0.15, 0.2) is 24.4 Å². The van der Waals surface area contributed by atoms with Gasteiger partial charge in [0.15, 0.2) is 0 Å². The molecule has 25 heavy (non-hydrogen) atoms. The number of nitrogens with one attached hydrogen (secondary N) is 1. The topological polar surface area (TPSA) is 110 Å². The third-order valence-corrected chi connectivity index (χ3v) is 3.86. The van der Waals surface area contributed by atoms with E-state index in [1.165, 1.54) is 11.7 Å². The Morgan fingerprint density at radius 1 is 1.28 bits per heavy atom. The van der Waals surface area contributed by atoms with Gasteiger partial charge in [0.05, 0.1) is 7.11 Å². The fourth-order valence-corrected chi connectivity index (χ4v) is 2.73. The second-order valence-corrected chi connectivity index (χ2v) is 5.56. The van der Waals surface area contributed by atoms with E-state index in [4.69, 9.17) is 14.6 Å². The van der Waals surface area contributed by atoms with E-state index in [2.05, 4.69) is 5.32 Å². The van der Waals surface area contributed by atoms with Gasteiger partial charge < -0.3 is 29.6 Å². The van der Waals surface area contributed by atoms with E-state index in [1.54, 1.807) is 31.5 Å². The van der Waals surface area contributed by atoms with Crippen molar-refractivity contribution in [2.45, 2.75) is 19.0 Å². The summed E-state index contributed by atoms with van der Waals surface area (Å²) in [5.41, 5.74) is 1.14. The Hall–Kier alpha value is -2.58. The van der Waals surface area contributed by atoms with Gasteiger partial charge in [0.25, 0.3) is 0 Å². The van der Waals surface area contributed by atoms with Gasteiger partial charge in [-0.15, -0.1) is 0 Å². The molecule has 0 bridgehead atoms. The maximum Gasteiger partial charge on any atom is 0.325 e. The average molecular weight is 350 g/mol. The van der Waals surface area contributed by atoms with Gasteiger partial charge >= 0.3 is 11.9 Å². The third-order valence-electron chi connectivity index (χ3n) is 3.86. The van der Waals surface area contributed by atoms with Crippen molar-refractivity contribution in [2.75, 3.05) is 27.4 Å². The lowest BCUT2D eigenvalue weighted by atomic mass is 10.1. The van der Waals surface area contributed by atoms with Crippen molar-refractivity contribution in [1.82, 2.24) is 9.88 Å². The average Bonchev–Trinajstić information content (AvgIpc) is 2.91. The molecule has 0 amide bonds. The number of carboxylic acids is 2. The molecule has 0 fully saturated rings. The minimum absolute atomic E-state index is 0.251. The Labute approximate surface area is 145 Å². The highest BCUT2D eigenvalue weighted by Crippen LogP contribution is 2.30. The standard InChI is InChI=1S/C17H22N2O6/c1-24-7-3-6-18-16(17(22)23)13-9-19(10-15(20)21)14-5-4-11(25-2)8-12(13)14/h4-5,8-9,16,18H,3,6-7,10H2,1-2H3,(H,20,21)(H,22,23). The molecule has 0 radical (unpaired) electrons. The molecule has 0 aliphatic heterocycles. The van der Waals surface area contributed by atoms with Crippen LogP contribution in [0.4, 0.5) is 0 Å². The van der Waals surface area contributed by atoms with Gasteiger partial charge in [-0.3, -0.25) is 9.59 Å². The zero-order chi connectivity index (χ0) is 18.4. The monoisotopic (exact) mass is 350 g/mol. The molecule has 3 N–H and O–H groups in total. The molecule has 0 saturated heterocycles. The van der Waals surface area contributed by atoms with E-state index < -0.39 is 18.0 Å². The number of carboxylic acid groups (broad SMARTS) is 2. The number of benzene rings is 1. The van der Waals surface area contributed by atoms with Crippen LogP contribution in [0.1, 0.15) is 18.0 Å². The molecule has 2 aromatic rings. The van der Waals surface area contributed by atoms with Crippen LogP contribution in [0, 0.1) is 0 Å². The molecule has 8 heteroatoms. The van der Waals surface area contributed by atoms with Crippen molar-refractivity contribution in [3.63, 3.8) is 0 Å². The molecule has 1 atom stereocenters. The van der Waals surface area contributed by atoms with E-state index in [-0.39, 0.29) is 6.54 Å². The fraction of sp³-hybridized carbons (Fsp3) is 0.412. The Morgan fingerprint density at radius 3 is 2.64 bits per heavy atom. The van der Waals surface area contributed by atoms with E-state index in [9.17, 15) is 14.7 Å². The molecule has 1 unspecified atom stereocenters. The predicted octanol–water partition coefficient (Wildman–Crippen LogP) is 1.49. The number of nitrogens with zero attached hydrogens (tertiary/aromatic N) is 1. The van der Waals surface area contributed by atoms with Crippen LogP contribution in [0.2, 0.25) is 0 Å². The quantitative estimate of drug-likeness (QED) is 0.557. The normalized spacial score (nSPS) is 12.2. The number of aliphatic carboxylic acids is 2. The van der Waals surface area contributed by atoms with Gasteiger partial charge in [0.1, 0.15) is 18.3 Å². The number of hydrogen-bond donors (Lipinski definition) is 3. The number of aromatic nitrogens is 1. The number of fused-ring (bicyclic) bond motifs is 1. The molecule has 0 saturated carbocycles. The van der Waals surface area contributed by atoms with Crippen LogP contribution in [-0.4, -0.2) is 54.1 Å². The van der Waals surface area contributed by atoms with Crippen molar-refractivity contribution < 1.29 is 29.3 Å². The first kappa shape index (κ1) is 18.8. The largest absolute Gasteiger partial charge is 0.497 e. The molecular weight excluding hydrogens is 328 g/mol. The molecule has 0 spiro atoms. The summed E-state index contributed by atoms with van der Waals surface area (Å²) in [4.78, 5) is 22.8. The predicted molar refractivity (Wildman–Crippen MR) is 91.0 cm³/mol. The first-order valence-corrected chi connectivity index (χ1v) is 7.81. The van der Waals surface area contributed by atoms with Gasteiger partial charge in [0, 0.05) is 36.4 Å². The van der Waals surface area contributed by atoms with Crippen molar-refractivity contribution in [2.24, 2.45) is 0 Å². The number of carbonyl (C=O) groups is 2. The Bertz CT molecular complexity index is 755. The highest BCUT2D eigenvalue weighted by Gasteiger charge is 2.24. The van der Waals surface area contributed by atoms with Gasteiger partial charge in [0.2, 0.25) is 0 Å². The van der Waals surface area contributed by atoms with E-state index in [0.717, 1.165) is 0 Å². The molecule has 1 aromatic carbocycles. The molecule has 1 aromatic heterocycles. The summed E-state index contributed by atoms with van der Waals surface area (Å²) >= 11 is 0. The maximum absolute atomic E-state index is 11.7. The second kappa shape index (κ2) is 8.50. The van der Waals surface area contributed by atoms with Crippen LogP contribution in [0.25, 0.3) is 10.9 Å². The molecule has 8 nitrogen and oxygen atoms in total. The number of hydrogen-bond acceptors (Lipinski definition) is 5. The second-order valence-electron chi connectivity index (χ2n) is 5.56. The van der Waals surface area contributed by atoms with E-state index in [0.29, 0.717) is 41.8 Å². The SMILES string of the molecule is COCCCNC(C(=O)O)c1cn(CC(=O)O)c2ccc(OC)cc12. The first-order valence-electron chi connectivity index (χ1n) is 7.81. The molecule has 1 heterocycles. The number of methoxy groups -OCH3 is 2. The van der Waals surface area contributed by atoms with Crippen LogP contribution < -0.4 is 10.1 Å². The summed E-state index contributed by atoms with van der Waals surface area (Å²) in [6.45, 7) is 0.729. The minimum atomic E-state index is -1.03. The number of ether oxygens (including phenoxy) is 2. The molecule has 136 valence electrons. The van der Waals surface area contributed by atoms with Crippen molar-refractivity contribution in [3.8, 4) is 5.75 Å². The summed E-state index contributed by atoms with van der Waals surface area (Å²) < 4.78 is 11.7. The highest BCUT2D eigenvalue weighted by atomic mass is 16.5. The first-order chi connectivity index (χ1) is 12.0. The zero-order valence-electron chi connectivity index (χ0n) is 14.2. The van der Waals surface area contributed by atoms with Gasteiger partial charge in [-0.1, -0.05) is 0 Å². The minimum Gasteiger partial charge on any atom is -0.497 e. The lowest BCUT2D eigenvalue weighted by Gasteiger charge is -2.14.